The molecule has 0 rings (SSSR count). The number of rotatable bonds is 7. The quantitative estimate of drug-likeness (QED) is 0.396. The minimum Gasteiger partial charge on any atom is -0.288 e. The third kappa shape index (κ3) is 29.7. The summed E-state index contributed by atoms with van der Waals surface area (Å²) in [6, 6.07) is 0. The Morgan fingerprint density at radius 1 is 0.786 bits per heavy atom. The van der Waals surface area contributed by atoms with Crippen LogP contribution in [0.5, 0.6) is 0 Å². The van der Waals surface area contributed by atoms with Crippen molar-refractivity contribution in [2.24, 2.45) is 0 Å². The molecule has 0 bridgehead atoms. The van der Waals surface area contributed by atoms with Crippen molar-refractivity contribution in [3.05, 3.63) is 0 Å². The Kier molecular flexibility index (Phi) is 18.0. The fourth-order valence-corrected chi connectivity index (χ4v) is 1.21. The molecule has 4 heteroatoms. The van der Waals surface area contributed by atoms with Crippen LogP contribution in [-0.2, 0) is 11.0 Å². The van der Waals surface area contributed by atoms with Crippen LogP contribution in [0.2, 0.25) is 0 Å². The van der Waals surface area contributed by atoms with Gasteiger partial charge in [-0.1, -0.05) is 65.2 Å². The maximum Gasteiger partial charge on any atom is 0.254 e. The molecule has 0 aliphatic rings. The fraction of sp³-hybridized carbons (Fsp3) is 1.00. The number of thiol groups is 1. The Morgan fingerprint density at radius 3 is 1.21 bits per heavy atom. The zero-order chi connectivity index (χ0) is 11.2. The smallest absolute Gasteiger partial charge is 0.254 e. The van der Waals surface area contributed by atoms with Gasteiger partial charge in [-0.2, -0.15) is 0 Å². The Hall–Kier alpha value is -0.0900. The van der Waals surface area contributed by atoms with Crippen molar-refractivity contribution in [3.8, 4) is 0 Å². The predicted molar refractivity (Wildman–Crippen MR) is 61.2 cm³/mol. The molecule has 0 aromatic rings. The summed E-state index contributed by atoms with van der Waals surface area (Å²) in [6.45, 7) is 4.54. The topological polar surface area (TPSA) is 54.4 Å². The number of unbranched alkanes of at least 4 members (excludes halogenated alkanes) is 7. The molecule has 3 nitrogen and oxygen atoms in total. The average molecular weight is 224 g/mol. The van der Waals surface area contributed by atoms with E-state index in [2.05, 4.69) is 13.8 Å². The van der Waals surface area contributed by atoms with Crippen LogP contribution in [0.25, 0.3) is 0 Å². The van der Waals surface area contributed by atoms with Crippen LogP contribution < -0.4 is 0 Å². The summed E-state index contributed by atoms with van der Waals surface area (Å²) in [5, 5.41) is 0. The first kappa shape index (κ1) is 16.3. The lowest BCUT2D eigenvalue weighted by molar-refractivity contribution is 0.509. The minimum absolute atomic E-state index is 1.37. The Morgan fingerprint density at radius 2 is 1.00 bits per heavy atom. The molecule has 0 radical (unpaired) electrons. The van der Waals surface area contributed by atoms with Gasteiger partial charge >= 0.3 is 0 Å². The Labute approximate surface area is 89.7 Å². The van der Waals surface area contributed by atoms with Crippen molar-refractivity contribution in [2.75, 3.05) is 0 Å². The highest BCUT2D eigenvalue weighted by Gasteiger charge is 1.87. The Balaban J connectivity index is 0. The molecule has 0 spiro atoms. The maximum atomic E-state index is 8.59. The van der Waals surface area contributed by atoms with E-state index in [1.807, 2.05) is 0 Å². The van der Waals surface area contributed by atoms with Gasteiger partial charge in [-0.15, -0.1) is 0 Å². The van der Waals surface area contributed by atoms with E-state index in [1.165, 1.54) is 51.4 Å². The minimum atomic E-state index is -3.12. The second-order valence-corrected chi connectivity index (χ2v) is 3.83. The monoisotopic (exact) mass is 224 g/mol. The van der Waals surface area contributed by atoms with Crippen LogP contribution in [0, 0.1) is 0 Å². The summed E-state index contributed by atoms with van der Waals surface area (Å²) in [5.74, 6) is 0. The van der Waals surface area contributed by atoms with Crippen molar-refractivity contribution in [1.29, 1.82) is 0 Å². The summed E-state index contributed by atoms with van der Waals surface area (Å²) in [4.78, 5) is 0. The summed E-state index contributed by atoms with van der Waals surface area (Å²) in [5.41, 5.74) is 0. The summed E-state index contributed by atoms with van der Waals surface area (Å²) >= 11 is 0. The first-order valence-electron chi connectivity index (χ1n) is 5.48. The largest absolute Gasteiger partial charge is 0.288 e. The van der Waals surface area contributed by atoms with Crippen LogP contribution in [-0.4, -0.2) is 13.0 Å². The third-order valence-corrected chi connectivity index (χ3v) is 1.96. The third-order valence-electron chi connectivity index (χ3n) is 1.96. The van der Waals surface area contributed by atoms with E-state index in [9.17, 15) is 0 Å². The lowest BCUT2D eigenvalue weighted by Gasteiger charge is -1.97. The molecular formula is C10H24O3S. The lowest BCUT2D eigenvalue weighted by Crippen LogP contribution is -1.77. The van der Waals surface area contributed by atoms with E-state index in [0.717, 1.165) is 0 Å². The molecule has 0 aliphatic carbocycles. The highest BCUT2D eigenvalue weighted by Crippen LogP contribution is 2.07. The van der Waals surface area contributed by atoms with Gasteiger partial charge in [0.05, 0.1) is 0 Å². The van der Waals surface area contributed by atoms with E-state index in [0.29, 0.717) is 0 Å². The van der Waals surface area contributed by atoms with Gasteiger partial charge in [0.1, 0.15) is 0 Å². The molecule has 14 heavy (non-hydrogen) atoms. The van der Waals surface area contributed by atoms with Crippen molar-refractivity contribution in [2.45, 2.75) is 65.2 Å². The van der Waals surface area contributed by atoms with Gasteiger partial charge < -0.3 is 0 Å². The molecule has 0 saturated heterocycles. The average Bonchev–Trinajstić information content (AvgIpc) is 2.10. The van der Waals surface area contributed by atoms with Crippen molar-refractivity contribution >= 4 is 11.0 Å². The van der Waals surface area contributed by atoms with Gasteiger partial charge in [-0.05, 0) is 0 Å². The summed E-state index contributed by atoms with van der Waals surface area (Å²) in [7, 11) is -3.12. The van der Waals surface area contributed by atoms with Crippen molar-refractivity contribution in [1.82, 2.24) is 0 Å². The number of hydrogen-bond donors (Lipinski definition) is 2. The van der Waals surface area contributed by atoms with Crippen LogP contribution >= 0.6 is 0 Å². The van der Waals surface area contributed by atoms with Gasteiger partial charge in [0.25, 0.3) is 11.0 Å². The first-order chi connectivity index (χ1) is 6.65. The van der Waals surface area contributed by atoms with Crippen LogP contribution in [0.15, 0.2) is 0 Å². The van der Waals surface area contributed by atoms with E-state index in [-0.39, 0.29) is 0 Å². The number of hydrogen-bond acceptors (Lipinski definition) is 2. The summed E-state index contributed by atoms with van der Waals surface area (Å²) in [6.07, 6.45) is 11.5. The molecule has 0 amide bonds. The molecule has 0 aromatic carbocycles. The molecule has 0 aliphatic heterocycles. The van der Waals surface area contributed by atoms with Crippen molar-refractivity contribution in [3.63, 3.8) is 0 Å². The first-order valence-corrected chi connectivity index (χ1v) is 6.61. The van der Waals surface area contributed by atoms with E-state index in [1.54, 1.807) is 0 Å². The highest BCUT2D eigenvalue weighted by atomic mass is 32.2. The molecule has 0 heterocycles. The van der Waals surface area contributed by atoms with Gasteiger partial charge in [0.15, 0.2) is 0 Å². The normalized spacial score (nSPS) is 9.71. The van der Waals surface area contributed by atoms with Gasteiger partial charge in [-0.3, -0.25) is 4.55 Å². The van der Waals surface area contributed by atoms with Crippen LogP contribution in [0.3, 0.4) is 0 Å². The lowest BCUT2D eigenvalue weighted by atomic mass is 10.1. The fourth-order valence-electron chi connectivity index (χ4n) is 1.21. The van der Waals surface area contributed by atoms with Crippen LogP contribution in [0.1, 0.15) is 65.2 Å². The second kappa shape index (κ2) is 15.4. The second-order valence-electron chi connectivity index (χ2n) is 3.36. The van der Waals surface area contributed by atoms with Crippen LogP contribution in [0.4, 0.5) is 0 Å². The molecular weight excluding hydrogens is 200 g/mol. The molecule has 0 atom stereocenters. The van der Waals surface area contributed by atoms with E-state index < -0.39 is 11.0 Å². The maximum absolute atomic E-state index is 8.59. The zero-order valence-corrected chi connectivity index (χ0v) is 10.3. The van der Waals surface area contributed by atoms with Gasteiger partial charge in [0, 0.05) is 0 Å². The summed E-state index contributed by atoms with van der Waals surface area (Å²) < 4.78 is 24.2. The molecule has 0 aromatic heterocycles. The van der Waals surface area contributed by atoms with E-state index >= 15 is 0 Å². The molecule has 0 unspecified atom stereocenters. The predicted octanol–water partition coefficient (Wildman–Crippen LogP) is 3.22. The highest BCUT2D eigenvalue weighted by molar-refractivity contribution is 7.66. The zero-order valence-electron chi connectivity index (χ0n) is 9.37. The molecule has 88 valence electrons. The Bertz CT molecular complexity index is 139. The molecule has 0 saturated carbocycles. The molecule has 1 N–H and O–H groups in total. The van der Waals surface area contributed by atoms with E-state index in [4.69, 9.17) is 13.0 Å². The standard InChI is InChI=1S/C10H22.H2O3S/c1-3-5-7-9-10-8-6-4-2;1-4(2)3/h3-10H2,1-2H3;4H,(H,1,2,3). The van der Waals surface area contributed by atoms with Gasteiger partial charge in [-0.25, -0.2) is 8.42 Å². The molecule has 0 fully saturated rings. The van der Waals surface area contributed by atoms with Crippen molar-refractivity contribution < 1.29 is 13.0 Å². The van der Waals surface area contributed by atoms with Gasteiger partial charge in [0.2, 0.25) is 0 Å². The SMILES string of the molecule is CCCCCCCCCC.O=[SH](=O)O.